The lowest BCUT2D eigenvalue weighted by atomic mass is 10.1. The minimum absolute atomic E-state index is 0.0265. The Balaban J connectivity index is 1.45. The van der Waals surface area contributed by atoms with Crippen LogP contribution in [0.15, 0.2) is 53.7 Å². The number of carbonyl (C=O) groups excluding carboxylic acids is 1. The van der Waals surface area contributed by atoms with Gasteiger partial charge in [-0.1, -0.05) is 47.6 Å². The molecule has 0 unspecified atom stereocenters. The fraction of sp³-hybridized carbons (Fsp3) is 0.211. The number of amides is 1. The van der Waals surface area contributed by atoms with Crippen LogP contribution in [-0.4, -0.2) is 33.4 Å². The number of halogens is 1. The molecule has 0 spiro atoms. The summed E-state index contributed by atoms with van der Waals surface area (Å²) in [7, 11) is 0. The van der Waals surface area contributed by atoms with Gasteiger partial charge in [0.05, 0.1) is 5.75 Å². The number of H-pyrrole nitrogens is 1. The third-order valence-electron chi connectivity index (χ3n) is 3.89. The Kier molecular flexibility index (Phi) is 6.30. The van der Waals surface area contributed by atoms with Crippen LogP contribution in [0.2, 0.25) is 5.02 Å². The average molecular weight is 387 g/mol. The highest BCUT2D eigenvalue weighted by molar-refractivity contribution is 7.99. The summed E-state index contributed by atoms with van der Waals surface area (Å²) in [6.07, 6.45) is 0.824. The van der Waals surface area contributed by atoms with Gasteiger partial charge in [0.25, 0.3) is 0 Å². The van der Waals surface area contributed by atoms with E-state index in [9.17, 15) is 4.79 Å². The van der Waals surface area contributed by atoms with Crippen LogP contribution >= 0.6 is 23.4 Å². The number of aromatic amines is 1. The quantitative estimate of drug-likeness (QED) is 0.604. The van der Waals surface area contributed by atoms with Crippen molar-refractivity contribution >= 4 is 29.3 Å². The highest BCUT2D eigenvalue weighted by atomic mass is 35.5. The minimum atomic E-state index is -0.0265. The van der Waals surface area contributed by atoms with E-state index < -0.39 is 0 Å². The predicted molar refractivity (Wildman–Crippen MR) is 105 cm³/mol. The predicted octanol–water partition coefficient (Wildman–Crippen LogP) is 3.88. The Morgan fingerprint density at radius 3 is 2.73 bits per heavy atom. The third kappa shape index (κ3) is 5.09. The summed E-state index contributed by atoms with van der Waals surface area (Å²) < 4.78 is 0. The fourth-order valence-electron chi connectivity index (χ4n) is 2.46. The van der Waals surface area contributed by atoms with Crippen LogP contribution in [0.25, 0.3) is 11.4 Å². The van der Waals surface area contributed by atoms with Crippen molar-refractivity contribution in [2.45, 2.75) is 18.5 Å². The van der Waals surface area contributed by atoms with Gasteiger partial charge in [-0.3, -0.25) is 9.89 Å². The standard InChI is InChI=1S/C19H19ClN4OS/c1-13-4-2-3-5-14(13)10-11-21-17(25)12-26-19-22-18(23-24-19)15-6-8-16(20)9-7-15/h2-9H,10-12H2,1H3,(H,21,25)(H,22,23,24). The number of thioether (sulfide) groups is 1. The molecule has 0 atom stereocenters. The van der Waals surface area contributed by atoms with Crippen molar-refractivity contribution in [1.82, 2.24) is 20.5 Å². The van der Waals surface area contributed by atoms with E-state index in [0.29, 0.717) is 22.5 Å². The van der Waals surface area contributed by atoms with E-state index in [1.165, 1.54) is 22.9 Å². The van der Waals surface area contributed by atoms with Gasteiger partial charge >= 0.3 is 0 Å². The summed E-state index contributed by atoms with van der Waals surface area (Å²) in [5.74, 6) is 0.914. The van der Waals surface area contributed by atoms with Crippen LogP contribution in [-0.2, 0) is 11.2 Å². The van der Waals surface area contributed by atoms with Gasteiger partial charge in [-0.25, -0.2) is 4.98 Å². The SMILES string of the molecule is Cc1ccccc1CCNC(=O)CSc1n[nH]c(-c2ccc(Cl)cc2)n1. The van der Waals surface area contributed by atoms with Crippen LogP contribution in [0.5, 0.6) is 0 Å². The summed E-state index contributed by atoms with van der Waals surface area (Å²) in [6, 6.07) is 15.5. The van der Waals surface area contributed by atoms with E-state index in [4.69, 9.17) is 11.6 Å². The molecule has 3 aromatic rings. The third-order valence-corrected chi connectivity index (χ3v) is 4.99. The molecule has 7 heteroatoms. The molecule has 1 amide bonds. The van der Waals surface area contributed by atoms with Crippen molar-refractivity contribution in [2.75, 3.05) is 12.3 Å². The van der Waals surface area contributed by atoms with Gasteiger partial charge in [-0.2, -0.15) is 0 Å². The molecule has 0 aliphatic heterocycles. The lowest BCUT2D eigenvalue weighted by Crippen LogP contribution is -2.27. The maximum Gasteiger partial charge on any atom is 0.230 e. The molecule has 0 aliphatic rings. The second-order valence-electron chi connectivity index (χ2n) is 5.79. The molecule has 0 bridgehead atoms. The van der Waals surface area contributed by atoms with Gasteiger partial charge in [-0.15, -0.1) is 5.10 Å². The van der Waals surface area contributed by atoms with Crippen LogP contribution in [0.1, 0.15) is 11.1 Å². The first-order chi connectivity index (χ1) is 12.6. The van der Waals surface area contributed by atoms with E-state index >= 15 is 0 Å². The largest absolute Gasteiger partial charge is 0.355 e. The molecule has 0 saturated heterocycles. The van der Waals surface area contributed by atoms with E-state index in [-0.39, 0.29) is 11.7 Å². The Morgan fingerprint density at radius 2 is 1.96 bits per heavy atom. The maximum atomic E-state index is 12.0. The first kappa shape index (κ1) is 18.5. The minimum Gasteiger partial charge on any atom is -0.355 e. The number of hydrogen-bond donors (Lipinski definition) is 2. The Labute approximate surface area is 161 Å². The van der Waals surface area contributed by atoms with Crippen LogP contribution in [0.4, 0.5) is 0 Å². The zero-order valence-corrected chi connectivity index (χ0v) is 15.9. The lowest BCUT2D eigenvalue weighted by molar-refractivity contribution is -0.118. The van der Waals surface area contributed by atoms with Crippen LogP contribution < -0.4 is 5.32 Å². The number of carbonyl (C=O) groups is 1. The number of nitrogens with zero attached hydrogens (tertiary/aromatic N) is 2. The van der Waals surface area contributed by atoms with Gasteiger partial charge in [0, 0.05) is 17.1 Å². The van der Waals surface area contributed by atoms with Crippen molar-refractivity contribution in [1.29, 1.82) is 0 Å². The summed E-state index contributed by atoms with van der Waals surface area (Å²) in [4.78, 5) is 16.4. The molecule has 0 fully saturated rings. The Bertz CT molecular complexity index is 879. The fourth-order valence-corrected chi connectivity index (χ4v) is 3.21. The number of aryl methyl sites for hydroxylation is 1. The monoisotopic (exact) mass is 386 g/mol. The van der Waals surface area contributed by atoms with Crippen molar-refractivity contribution in [3.8, 4) is 11.4 Å². The molecule has 0 saturated carbocycles. The van der Waals surface area contributed by atoms with Gasteiger partial charge in [0.1, 0.15) is 0 Å². The number of benzene rings is 2. The van der Waals surface area contributed by atoms with E-state index in [1.807, 2.05) is 24.3 Å². The second-order valence-corrected chi connectivity index (χ2v) is 7.17. The van der Waals surface area contributed by atoms with Gasteiger partial charge in [0.15, 0.2) is 5.82 Å². The topological polar surface area (TPSA) is 70.7 Å². The molecular weight excluding hydrogens is 368 g/mol. The molecule has 134 valence electrons. The maximum absolute atomic E-state index is 12.0. The molecule has 0 aliphatic carbocycles. The number of nitrogens with one attached hydrogen (secondary N) is 2. The molecule has 0 radical (unpaired) electrons. The van der Waals surface area contributed by atoms with Crippen molar-refractivity contribution in [2.24, 2.45) is 0 Å². The lowest BCUT2D eigenvalue weighted by Gasteiger charge is -2.06. The van der Waals surface area contributed by atoms with Crippen molar-refractivity contribution < 1.29 is 4.79 Å². The summed E-state index contributed by atoms with van der Waals surface area (Å²) >= 11 is 7.19. The average Bonchev–Trinajstić information content (AvgIpc) is 3.11. The number of rotatable bonds is 7. The van der Waals surface area contributed by atoms with Gasteiger partial charge in [-0.05, 0) is 48.7 Å². The zero-order chi connectivity index (χ0) is 18.4. The second kappa shape index (κ2) is 8.87. The molecule has 3 rings (SSSR count). The Hall–Kier alpha value is -2.31. The molecule has 5 nitrogen and oxygen atoms in total. The smallest absolute Gasteiger partial charge is 0.230 e. The van der Waals surface area contributed by atoms with Crippen LogP contribution in [0.3, 0.4) is 0 Å². The van der Waals surface area contributed by atoms with Gasteiger partial charge in [0.2, 0.25) is 11.1 Å². The summed E-state index contributed by atoms with van der Waals surface area (Å²) in [6.45, 7) is 2.70. The van der Waals surface area contributed by atoms with E-state index in [2.05, 4.69) is 39.6 Å². The first-order valence-electron chi connectivity index (χ1n) is 8.24. The normalized spacial score (nSPS) is 10.7. The van der Waals surface area contributed by atoms with Crippen molar-refractivity contribution in [3.05, 3.63) is 64.7 Å². The molecule has 1 heterocycles. The van der Waals surface area contributed by atoms with Crippen LogP contribution in [0, 0.1) is 6.92 Å². The van der Waals surface area contributed by atoms with E-state index in [1.54, 1.807) is 12.1 Å². The van der Waals surface area contributed by atoms with E-state index in [0.717, 1.165) is 12.0 Å². The van der Waals surface area contributed by atoms with Gasteiger partial charge < -0.3 is 5.32 Å². The zero-order valence-electron chi connectivity index (χ0n) is 14.3. The summed E-state index contributed by atoms with van der Waals surface area (Å²) in [5.41, 5.74) is 3.39. The first-order valence-corrected chi connectivity index (χ1v) is 9.60. The summed E-state index contributed by atoms with van der Waals surface area (Å²) in [5, 5.41) is 11.2. The molecule has 26 heavy (non-hydrogen) atoms. The molecular formula is C19H19ClN4OS. The Morgan fingerprint density at radius 1 is 1.19 bits per heavy atom. The molecule has 2 N–H and O–H groups in total. The molecule has 1 aromatic heterocycles. The molecule has 2 aromatic carbocycles. The highest BCUT2D eigenvalue weighted by Gasteiger charge is 2.09. The number of aromatic nitrogens is 3. The van der Waals surface area contributed by atoms with Crippen molar-refractivity contribution in [3.63, 3.8) is 0 Å². The number of hydrogen-bond acceptors (Lipinski definition) is 4. The highest BCUT2D eigenvalue weighted by Crippen LogP contribution is 2.20.